The van der Waals surface area contributed by atoms with Crippen LogP contribution in [0.4, 0.5) is 0 Å². The van der Waals surface area contributed by atoms with Crippen molar-refractivity contribution in [2.24, 2.45) is 11.8 Å². The standard InChI is InChI=1S/C15H26N2O4/c1-10(2)12(9-14(19)20)17-13(18)7-8-16-15(21)11-5-3-4-6-11/h10-12H,3-9H2,1-2H3,(H,16,21)(H,17,18)(H,19,20). The number of rotatable bonds is 8. The van der Waals surface area contributed by atoms with Crippen LogP contribution in [0.15, 0.2) is 0 Å². The largest absolute Gasteiger partial charge is 0.481 e. The molecule has 1 rings (SSSR count). The SMILES string of the molecule is CC(C)C(CC(=O)O)NC(=O)CCNC(=O)C1CCCC1. The smallest absolute Gasteiger partial charge is 0.305 e. The maximum Gasteiger partial charge on any atom is 0.305 e. The predicted octanol–water partition coefficient (Wildman–Crippen LogP) is 1.30. The van der Waals surface area contributed by atoms with E-state index in [0.29, 0.717) is 6.54 Å². The Hall–Kier alpha value is -1.59. The Labute approximate surface area is 125 Å². The van der Waals surface area contributed by atoms with Gasteiger partial charge in [0.2, 0.25) is 11.8 Å². The Bertz CT molecular complexity index is 376. The predicted molar refractivity (Wildman–Crippen MR) is 78.6 cm³/mol. The fourth-order valence-electron chi connectivity index (χ4n) is 2.55. The van der Waals surface area contributed by atoms with E-state index in [-0.39, 0.29) is 42.5 Å². The van der Waals surface area contributed by atoms with Crippen LogP contribution in [-0.4, -0.2) is 35.5 Å². The lowest BCUT2D eigenvalue weighted by Crippen LogP contribution is -2.41. The lowest BCUT2D eigenvalue weighted by atomic mass is 10.0. The number of hydrogen-bond donors (Lipinski definition) is 3. The van der Waals surface area contributed by atoms with Crippen molar-refractivity contribution >= 4 is 17.8 Å². The van der Waals surface area contributed by atoms with Gasteiger partial charge < -0.3 is 15.7 Å². The summed E-state index contributed by atoms with van der Waals surface area (Å²) in [6, 6.07) is -0.375. The molecule has 120 valence electrons. The van der Waals surface area contributed by atoms with Gasteiger partial charge in [-0.25, -0.2) is 0 Å². The van der Waals surface area contributed by atoms with E-state index in [1.165, 1.54) is 0 Å². The second-order valence-electron chi connectivity index (χ2n) is 6.04. The summed E-state index contributed by atoms with van der Waals surface area (Å²) >= 11 is 0. The topological polar surface area (TPSA) is 95.5 Å². The van der Waals surface area contributed by atoms with E-state index in [2.05, 4.69) is 10.6 Å². The number of carbonyl (C=O) groups excluding carboxylic acids is 2. The van der Waals surface area contributed by atoms with E-state index in [1.54, 1.807) is 0 Å². The van der Waals surface area contributed by atoms with Crippen molar-refractivity contribution < 1.29 is 19.5 Å². The van der Waals surface area contributed by atoms with E-state index < -0.39 is 5.97 Å². The molecule has 0 saturated heterocycles. The normalized spacial score (nSPS) is 16.7. The summed E-state index contributed by atoms with van der Waals surface area (Å²) in [4.78, 5) is 34.3. The van der Waals surface area contributed by atoms with Crippen LogP contribution in [0.5, 0.6) is 0 Å². The zero-order chi connectivity index (χ0) is 15.8. The summed E-state index contributed by atoms with van der Waals surface area (Å²) in [5.41, 5.74) is 0. The van der Waals surface area contributed by atoms with Crippen LogP contribution in [0.25, 0.3) is 0 Å². The lowest BCUT2D eigenvalue weighted by Gasteiger charge is -2.20. The third kappa shape index (κ3) is 6.60. The first-order valence-electron chi connectivity index (χ1n) is 7.69. The molecule has 3 N–H and O–H groups in total. The van der Waals surface area contributed by atoms with Crippen LogP contribution < -0.4 is 10.6 Å². The maximum absolute atomic E-state index is 11.8. The summed E-state index contributed by atoms with van der Waals surface area (Å²) in [6.07, 6.45) is 4.17. The zero-order valence-electron chi connectivity index (χ0n) is 12.9. The quantitative estimate of drug-likeness (QED) is 0.629. The minimum atomic E-state index is -0.927. The van der Waals surface area contributed by atoms with Gasteiger partial charge in [0.1, 0.15) is 0 Å². The lowest BCUT2D eigenvalue weighted by molar-refractivity contribution is -0.138. The molecule has 6 heteroatoms. The molecule has 0 spiro atoms. The molecule has 0 radical (unpaired) electrons. The molecular weight excluding hydrogens is 272 g/mol. The molecule has 1 saturated carbocycles. The van der Waals surface area contributed by atoms with Crippen LogP contribution in [0.1, 0.15) is 52.4 Å². The molecule has 0 aromatic carbocycles. The van der Waals surface area contributed by atoms with Crippen LogP contribution in [0.3, 0.4) is 0 Å². The van der Waals surface area contributed by atoms with Gasteiger partial charge in [-0.2, -0.15) is 0 Å². The summed E-state index contributed by atoms with van der Waals surface area (Å²) in [7, 11) is 0. The summed E-state index contributed by atoms with van der Waals surface area (Å²) < 4.78 is 0. The molecule has 1 fully saturated rings. The molecule has 6 nitrogen and oxygen atoms in total. The first kappa shape index (κ1) is 17.5. The first-order valence-corrected chi connectivity index (χ1v) is 7.69. The third-order valence-electron chi connectivity index (χ3n) is 3.92. The van der Waals surface area contributed by atoms with Crippen molar-refractivity contribution in [3.05, 3.63) is 0 Å². The van der Waals surface area contributed by atoms with Crippen LogP contribution in [-0.2, 0) is 14.4 Å². The molecule has 2 amide bonds. The van der Waals surface area contributed by atoms with Crippen LogP contribution >= 0.6 is 0 Å². The molecule has 1 atom stereocenters. The van der Waals surface area contributed by atoms with Gasteiger partial charge in [-0.3, -0.25) is 14.4 Å². The van der Waals surface area contributed by atoms with Gasteiger partial charge in [-0.1, -0.05) is 26.7 Å². The van der Waals surface area contributed by atoms with Crippen molar-refractivity contribution in [1.82, 2.24) is 10.6 Å². The molecule has 0 aromatic heterocycles. The number of nitrogens with one attached hydrogen (secondary N) is 2. The number of hydrogen-bond acceptors (Lipinski definition) is 3. The van der Waals surface area contributed by atoms with Crippen molar-refractivity contribution in [2.75, 3.05) is 6.54 Å². The highest BCUT2D eigenvalue weighted by molar-refractivity contribution is 5.81. The Morgan fingerprint density at radius 2 is 1.81 bits per heavy atom. The zero-order valence-corrected chi connectivity index (χ0v) is 12.9. The molecule has 0 aliphatic heterocycles. The molecule has 21 heavy (non-hydrogen) atoms. The molecule has 0 bridgehead atoms. The highest BCUT2D eigenvalue weighted by Crippen LogP contribution is 2.24. The second kappa shape index (κ2) is 8.64. The van der Waals surface area contributed by atoms with E-state index in [1.807, 2.05) is 13.8 Å². The van der Waals surface area contributed by atoms with Crippen LogP contribution in [0.2, 0.25) is 0 Å². The number of amides is 2. The Balaban J connectivity index is 2.25. The van der Waals surface area contributed by atoms with Crippen molar-refractivity contribution in [3.8, 4) is 0 Å². The van der Waals surface area contributed by atoms with E-state index in [0.717, 1.165) is 25.7 Å². The minimum absolute atomic E-state index is 0.0336. The summed E-state index contributed by atoms with van der Waals surface area (Å²) in [5.74, 6) is -0.960. The van der Waals surface area contributed by atoms with Gasteiger partial charge in [0.25, 0.3) is 0 Å². The number of carboxylic acid groups (broad SMARTS) is 1. The van der Waals surface area contributed by atoms with E-state index in [4.69, 9.17) is 5.11 Å². The van der Waals surface area contributed by atoms with Gasteiger partial charge >= 0.3 is 5.97 Å². The average Bonchev–Trinajstić information content (AvgIpc) is 2.91. The average molecular weight is 298 g/mol. The van der Waals surface area contributed by atoms with Crippen LogP contribution in [0, 0.1) is 11.8 Å². The number of carboxylic acids is 1. The maximum atomic E-state index is 11.8. The van der Waals surface area contributed by atoms with Gasteiger partial charge in [0.15, 0.2) is 0 Å². The summed E-state index contributed by atoms with van der Waals surface area (Å²) in [5, 5.41) is 14.3. The van der Waals surface area contributed by atoms with Crippen molar-refractivity contribution in [1.29, 1.82) is 0 Å². The van der Waals surface area contributed by atoms with Crippen molar-refractivity contribution in [2.45, 2.75) is 58.4 Å². The highest BCUT2D eigenvalue weighted by atomic mass is 16.4. The fraction of sp³-hybridized carbons (Fsp3) is 0.800. The number of carbonyl (C=O) groups is 3. The fourth-order valence-corrected chi connectivity index (χ4v) is 2.55. The monoisotopic (exact) mass is 298 g/mol. The first-order chi connectivity index (χ1) is 9.90. The molecule has 0 aromatic rings. The Kier molecular flexibility index (Phi) is 7.19. The van der Waals surface area contributed by atoms with Gasteiger partial charge in [0, 0.05) is 24.9 Å². The summed E-state index contributed by atoms with van der Waals surface area (Å²) in [6.45, 7) is 4.05. The molecule has 1 aliphatic rings. The van der Waals surface area contributed by atoms with Gasteiger partial charge in [-0.05, 0) is 18.8 Å². The van der Waals surface area contributed by atoms with Gasteiger partial charge in [-0.15, -0.1) is 0 Å². The minimum Gasteiger partial charge on any atom is -0.481 e. The van der Waals surface area contributed by atoms with Crippen molar-refractivity contribution in [3.63, 3.8) is 0 Å². The van der Waals surface area contributed by atoms with E-state index >= 15 is 0 Å². The Morgan fingerprint density at radius 1 is 1.19 bits per heavy atom. The number of aliphatic carboxylic acids is 1. The second-order valence-corrected chi connectivity index (χ2v) is 6.04. The molecular formula is C15H26N2O4. The molecule has 1 unspecified atom stereocenters. The highest BCUT2D eigenvalue weighted by Gasteiger charge is 2.23. The Morgan fingerprint density at radius 3 is 2.33 bits per heavy atom. The molecule has 0 heterocycles. The van der Waals surface area contributed by atoms with Gasteiger partial charge in [0.05, 0.1) is 6.42 Å². The van der Waals surface area contributed by atoms with E-state index in [9.17, 15) is 14.4 Å². The molecule has 1 aliphatic carbocycles. The third-order valence-corrected chi connectivity index (χ3v) is 3.92.